The van der Waals surface area contributed by atoms with Gasteiger partial charge < -0.3 is 20.5 Å². The molecule has 3 atom stereocenters. The van der Waals surface area contributed by atoms with Crippen molar-refractivity contribution in [2.45, 2.75) is 51.7 Å². The number of halogens is 1. The second kappa shape index (κ2) is 8.39. The number of aromatic nitrogens is 6. The van der Waals surface area contributed by atoms with E-state index in [1.165, 1.54) is 23.8 Å². The van der Waals surface area contributed by atoms with Gasteiger partial charge in [0.2, 0.25) is 5.95 Å². The highest BCUT2D eigenvalue weighted by atomic mass is 19.1. The minimum Gasteiger partial charge on any atom is -0.494 e. The molecule has 1 saturated heterocycles. The van der Waals surface area contributed by atoms with Crippen molar-refractivity contribution in [3.8, 4) is 5.75 Å². The van der Waals surface area contributed by atoms with Crippen molar-refractivity contribution in [3.63, 3.8) is 0 Å². The number of nitrogens with zero attached hydrogens (tertiary/aromatic N) is 7. The Morgan fingerprint density at radius 1 is 1.24 bits per heavy atom. The monoisotopic (exact) mass is 468 g/mol. The summed E-state index contributed by atoms with van der Waals surface area (Å²) >= 11 is 0. The van der Waals surface area contributed by atoms with E-state index in [0.29, 0.717) is 28.1 Å². The first-order valence-corrected chi connectivity index (χ1v) is 11.4. The number of nitrogen functional groups attached to an aromatic ring is 1. The summed E-state index contributed by atoms with van der Waals surface area (Å²) in [6.45, 7) is 7.30. The third-order valence-electron chi connectivity index (χ3n) is 6.70. The van der Waals surface area contributed by atoms with Crippen LogP contribution in [0.4, 0.5) is 16.0 Å². The number of anilines is 2. The van der Waals surface area contributed by atoms with Crippen LogP contribution in [0.5, 0.6) is 5.75 Å². The zero-order valence-electron chi connectivity index (χ0n) is 19.7. The van der Waals surface area contributed by atoms with Crippen LogP contribution in [-0.2, 0) is 0 Å². The van der Waals surface area contributed by atoms with Gasteiger partial charge in [-0.2, -0.15) is 9.61 Å². The molecule has 0 spiro atoms. The van der Waals surface area contributed by atoms with Crippen molar-refractivity contribution in [2.24, 2.45) is 0 Å². The lowest BCUT2D eigenvalue weighted by atomic mass is 9.97. The Balaban J connectivity index is 1.50. The average molecular weight is 469 g/mol. The summed E-state index contributed by atoms with van der Waals surface area (Å²) in [7, 11) is 1.47. The molecule has 11 heteroatoms. The van der Waals surface area contributed by atoms with Crippen LogP contribution in [-0.4, -0.2) is 60.8 Å². The second-order valence-electron chi connectivity index (χ2n) is 9.03. The zero-order valence-corrected chi connectivity index (χ0v) is 19.7. The number of methoxy groups -OCH3 is 1. The predicted molar refractivity (Wildman–Crippen MR) is 127 cm³/mol. The first-order chi connectivity index (χ1) is 16.3. The van der Waals surface area contributed by atoms with Crippen LogP contribution in [0.1, 0.15) is 50.2 Å². The molecule has 0 bridgehead atoms. The van der Waals surface area contributed by atoms with E-state index in [1.54, 1.807) is 6.92 Å². The number of nitrogens with two attached hydrogens (primary N) is 1. The highest BCUT2D eigenvalue weighted by Gasteiger charge is 2.28. The van der Waals surface area contributed by atoms with Crippen molar-refractivity contribution in [2.75, 3.05) is 30.8 Å². The molecule has 34 heavy (non-hydrogen) atoms. The molecule has 4 heterocycles. The maximum Gasteiger partial charge on any atom is 0.223 e. The first-order valence-electron chi connectivity index (χ1n) is 11.4. The Bertz CT molecular complexity index is 1360. The Hall–Kier alpha value is -3.47. The summed E-state index contributed by atoms with van der Waals surface area (Å²) in [5.41, 5.74) is 9.05. The summed E-state index contributed by atoms with van der Waals surface area (Å²) < 4.78 is 22.8. The molecule has 1 aromatic carbocycles. The number of hydrogen-bond donors (Lipinski definition) is 2. The molecule has 180 valence electrons. The fourth-order valence-electron chi connectivity index (χ4n) is 4.63. The molecule has 0 unspecified atom stereocenters. The topological polar surface area (TPSA) is 120 Å². The van der Waals surface area contributed by atoms with Gasteiger partial charge in [-0.25, -0.2) is 14.4 Å². The van der Waals surface area contributed by atoms with Gasteiger partial charge in [-0.3, -0.25) is 4.68 Å². The maximum absolute atomic E-state index is 14.2. The van der Waals surface area contributed by atoms with Crippen LogP contribution in [0.3, 0.4) is 0 Å². The highest BCUT2D eigenvalue weighted by Crippen LogP contribution is 2.33. The van der Waals surface area contributed by atoms with Gasteiger partial charge in [-0.1, -0.05) is 0 Å². The van der Waals surface area contributed by atoms with E-state index in [2.05, 4.69) is 20.1 Å². The molecule has 0 aliphatic carbocycles. The molecule has 3 N–H and O–H groups in total. The molecule has 1 aliphatic rings. The van der Waals surface area contributed by atoms with Gasteiger partial charge in [0.25, 0.3) is 0 Å². The lowest BCUT2D eigenvalue weighted by Gasteiger charge is -2.32. The van der Waals surface area contributed by atoms with Gasteiger partial charge in [-0.05, 0) is 39.7 Å². The summed E-state index contributed by atoms with van der Waals surface area (Å²) in [5, 5.41) is 19.7. The third-order valence-corrected chi connectivity index (χ3v) is 6.70. The molecule has 0 radical (unpaired) electrons. The molecule has 5 rings (SSSR count). The Labute approximate surface area is 196 Å². The first kappa shape index (κ1) is 22.3. The van der Waals surface area contributed by atoms with Crippen molar-refractivity contribution in [1.29, 1.82) is 0 Å². The number of hydrogen-bond acceptors (Lipinski definition) is 8. The maximum atomic E-state index is 14.2. The standard InChI is InChI=1S/C23H29FN8O2/c1-12-18(11-31(28-12)13(2)14(3)33)30-7-5-6-15(10-30)21-27-22-17-8-16(24)9-19(34-4)20(17)26-23(25)32(22)29-21/h8-9,11,13-15,33H,5-7,10H2,1-4H3,(H2,25,26)/t13-,14-,15+/m0/s1. The largest absolute Gasteiger partial charge is 0.494 e. The van der Waals surface area contributed by atoms with E-state index in [4.69, 9.17) is 15.5 Å². The van der Waals surface area contributed by atoms with Gasteiger partial charge in [-0.15, -0.1) is 5.10 Å². The van der Waals surface area contributed by atoms with Crippen LogP contribution in [0, 0.1) is 12.7 Å². The Morgan fingerprint density at radius 3 is 2.76 bits per heavy atom. The molecule has 0 saturated carbocycles. The number of rotatable bonds is 5. The van der Waals surface area contributed by atoms with Crippen molar-refractivity contribution in [3.05, 3.63) is 35.7 Å². The van der Waals surface area contributed by atoms with Gasteiger partial charge in [0, 0.05) is 31.3 Å². The lowest BCUT2D eigenvalue weighted by molar-refractivity contribution is 0.132. The number of aryl methyl sites for hydroxylation is 1. The number of piperidine rings is 1. The lowest BCUT2D eigenvalue weighted by Crippen LogP contribution is -2.35. The van der Waals surface area contributed by atoms with Gasteiger partial charge in [0.15, 0.2) is 11.5 Å². The molecular weight excluding hydrogens is 439 g/mol. The van der Waals surface area contributed by atoms with Crippen LogP contribution >= 0.6 is 0 Å². The number of aliphatic hydroxyl groups is 1. The Morgan fingerprint density at radius 2 is 2.03 bits per heavy atom. The van der Waals surface area contributed by atoms with E-state index < -0.39 is 11.9 Å². The number of aliphatic hydroxyl groups excluding tert-OH is 1. The predicted octanol–water partition coefficient (Wildman–Crippen LogP) is 2.84. The molecular formula is C23H29FN8O2. The van der Waals surface area contributed by atoms with Gasteiger partial charge >= 0.3 is 0 Å². The Kier molecular flexibility index (Phi) is 5.51. The smallest absolute Gasteiger partial charge is 0.223 e. The van der Waals surface area contributed by atoms with Crippen LogP contribution in [0.15, 0.2) is 18.3 Å². The number of fused-ring (bicyclic) bond motifs is 3. The summed E-state index contributed by atoms with van der Waals surface area (Å²) in [4.78, 5) is 11.5. The van der Waals surface area contributed by atoms with Crippen molar-refractivity contribution in [1.82, 2.24) is 29.4 Å². The third kappa shape index (κ3) is 3.69. The minimum absolute atomic E-state index is 0.0653. The molecule has 4 aromatic rings. The summed E-state index contributed by atoms with van der Waals surface area (Å²) in [6, 6.07) is 2.55. The molecule has 0 amide bonds. The fourth-order valence-corrected chi connectivity index (χ4v) is 4.63. The van der Waals surface area contributed by atoms with Gasteiger partial charge in [0.05, 0.1) is 36.0 Å². The van der Waals surface area contributed by atoms with Crippen LogP contribution in [0.25, 0.3) is 16.6 Å². The van der Waals surface area contributed by atoms with E-state index in [0.717, 1.165) is 37.3 Å². The van der Waals surface area contributed by atoms with E-state index in [1.807, 2.05) is 24.7 Å². The van der Waals surface area contributed by atoms with E-state index in [-0.39, 0.29) is 17.9 Å². The molecule has 1 aliphatic heterocycles. The average Bonchev–Trinajstić information content (AvgIpc) is 3.44. The summed E-state index contributed by atoms with van der Waals surface area (Å²) in [6.07, 6.45) is 3.39. The minimum atomic E-state index is -0.499. The van der Waals surface area contributed by atoms with Crippen molar-refractivity contribution < 1.29 is 14.2 Å². The van der Waals surface area contributed by atoms with E-state index >= 15 is 0 Å². The second-order valence-corrected chi connectivity index (χ2v) is 9.03. The molecule has 3 aromatic heterocycles. The van der Waals surface area contributed by atoms with E-state index in [9.17, 15) is 9.50 Å². The van der Waals surface area contributed by atoms with Crippen molar-refractivity contribution >= 4 is 28.2 Å². The number of ether oxygens (including phenoxy) is 1. The normalized spacial score (nSPS) is 18.5. The number of benzene rings is 1. The zero-order chi connectivity index (χ0) is 24.1. The summed E-state index contributed by atoms with van der Waals surface area (Å²) in [5.74, 6) is 0.747. The molecule has 1 fully saturated rings. The van der Waals surface area contributed by atoms with Gasteiger partial charge in [0.1, 0.15) is 17.1 Å². The quantitative estimate of drug-likeness (QED) is 0.459. The fraction of sp³-hybridized carbons (Fsp3) is 0.478. The van der Waals surface area contributed by atoms with Crippen LogP contribution < -0.4 is 15.4 Å². The highest BCUT2D eigenvalue weighted by molar-refractivity contribution is 5.95. The SMILES string of the molecule is COc1cc(F)cc2c1nc(N)n1nc([C@@H]3CCCN(c4cn([C@@H](C)[C@H](C)O)nc4C)C3)nc21. The van der Waals surface area contributed by atoms with Crippen LogP contribution in [0.2, 0.25) is 0 Å². The molecule has 10 nitrogen and oxygen atoms in total.